The average Bonchev–Trinajstić information content (AvgIpc) is 2.46. The van der Waals surface area contributed by atoms with Gasteiger partial charge in [-0.15, -0.1) is 0 Å². The molecule has 0 atom stereocenters. The maximum absolute atomic E-state index is 12.6. The molecule has 0 aliphatic carbocycles. The van der Waals surface area contributed by atoms with Crippen molar-refractivity contribution in [3.63, 3.8) is 0 Å². The van der Waals surface area contributed by atoms with E-state index in [1.54, 1.807) is 12.3 Å². The Morgan fingerprint density at radius 3 is 2.55 bits per heavy atom. The van der Waals surface area contributed by atoms with E-state index in [1.807, 2.05) is 37.0 Å². The number of pyridine rings is 1. The fourth-order valence-electron chi connectivity index (χ4n) is 2.55. The third-order valence-electron chi connectivity index (χ3n) is 4.01. The third-order valence-corrected chi connectivity index (χ3v) is 4.01. The van der Waals surface area contributed by atoms with E-state index in [4.69, 9.17) is 0 Å². The zero-order valence-electron chi connectivity index (χ0n) is 12.8. The maximum Gasteiger partial charge on any atom is 0.254 e. The van der Waals surface area contributed by atoms with E-state index in [1.165, 1.54) is 0 Å². The van der Waals surface area contributed by atoms with Crippen LogP contribution in [0.15, 0.2) is 18.3 Å². The number of aromatic nitrogens is 1. The zero-order valence-corrected chi connectivity index (χ0v) is 12.8. The van der Waals surface area contributed by atoms with Gasteiger partial charge in [-0.3, -0.25) is 4.79 Å². The number of carbonyl (C=O) groups is 1. The van der Waals surface area contributed by atoms with Crippen LogP contribution in [0.2, 0.25) is 0 Å². The molecule has 0 bridgehead atoms. The largest absolute Gasteiger partial charge is 0.363 e. The summed E-state index contributed by atoms with van der Waals surface area (Å²) in [6.45, 7) is 2.11. The van der Waals surface area contributed by atoms with Gasteiger partial charge in [-0.2, -0.15) is 0 Å². The number of rotatable bonds is 3. The van der Waals surface area contributed by atoms with E-state index < -0.39 is 0 Å². The molecular formula is C15H24N4O. The van der Waals surface area contributed by atoms with Gasteiger partial charge in [0.2, 0.25) is 0 Å². The molecule has 0 N–H and O–H groups in total. The lowest BCUT2D eigenvalue weighted by Crippen LogP contribution is -2.44. The van der Waals surface area contributed by atoms with Gasteiger partial charge < -0.3 is 14.7 Å². The summed E-state index contributed by atoms with van der Waals surface area (Å²) < 4.78 is 0. The molecule has 0 spiro atoms. The van der Waals surface area contributed by atoms with Gasteiger partial charge in [0, 0.05) is 38.9 Å². The first kappa shape index (κ1) is 14.8. The molecule has 110 valence electrons. The predicted octanol–water partition coefficient (Wildman–Crippen LogP) is 1.31. The predicted molar refractivity (Wildman–Crippen MR) is 81.2 cm³/mol. The smallest absolute Gasteiger partial charge is 0.254 e. The molecule has 0 aromatic carbocycles. The van der Waals surface area contributed by atoms with Crippen molar-refractivity contribution >= 4 is 11.7 Å². The molecule has 1 fully saturated rings. The third kappa shape index (κ3) is 3.28. The second-order valence-electron chi connectivity index (χ2n) is 5.75. The summed E-state index contributed by atoms with van der Waals surface area (Å²) >= 11 is 0. The van der Waals surface area contributed by atoms with Gasteiger partial charge in [0.15, 0.2) is 0 Å². The van der Waals surface area contributed by atoms with Crippen molar-refractivity contribution in [3.8, 4) is 0 Å². The Hall–Kier alpha value is -1.62. The van der Waals surface area contributed by atoms with Crippen LogP contribution >= 0.6 is 0 Å². The summed E-state index contributed by atoms with van der Waals surface area (Å²) in [7, 11) is 7.90. The number of likely N-dealkylation sites (tertiary alicyclic amines) is 1. The van der Waals surface area contributed by atoms with Gasteiger partial charge in [0.25, 0.3) is 5.91 Å². The Morgan fingerprint density at radius 2 is 1.95 bits per heavy atom. The first-order valence-electron chi connectivity index (χ1n) is 7.08. The summed E-state index contributed by atoms with van der Waals surface area (Å²) in [5.41, 5.74) is 0.713. The van der Waals surface area contributed by atoms with Crippen LogP contribution < -0.4 is 4.90 Å². The molecule has 1 aromatic heterocycles. The number of piperidine rings is 1. The van der Waals surface area contributed by atoms with Gasteiger partial charge in [0.05, 0.1) is 0 Å². The highest BCUT2D eigenvalue weighted by Gasteiger charge is 2.24. The Bertz CT molecular complexity index is 467. The molecule has 1 aliphatic rings. The molecule has 2 rings (SSSR count). The van der Waals surface area contributed by atoms with Gasteiger partial charge in [-0.25, -0.2) is 4.98 Å². The molecule has 20 heavy (non-hydrogen) atoms. The molecule has 5 heteroatoms. The minimum Gasteiger partial charge on any atom is -0.363 e. The van der Waals surface area contributed by atoms with E-state index >= 15 is 0 Å². The number of carbonyl (C=O) groups excluding carboxylic acids is 1. The topological polar surface area (TPSA) is 39.7 Å². The molecule has 0 radical (unpaired) electrons. The van der Waals surface area contributed by atoms with Crippen LogP contribution in [0.4, 0.5) is 5.82 Å². The standard InChI is InChI=1S/C15H24N4O/c1-17(2)14-11-12(5-8-16-14)15(20)19(4)13-6-9-18(3)10-7-13/h5,8,11,13H,6-7,9-10H2,1-4H3. The Kier molecular flexibility index (Phi) is 4.60. The molecule has 1 saturated heterocycles. The monoisotopic (exact) mass is 276 g/mol. The summed E-state index contributed by atoms with van der Waals surface area (Å²) in [6.07, 6.45) is 3.79. The summed E-state index contributed by atoms with van der Waals surface area (Å²) in [6, 6.07) is 3.99. The fourth-order valence-corrected chi connectivity index (χ4v) is 2.55. The van der Waals surface area contributed by atoms with Gasteiger partial charge in [-0.05, 0) is 45.1 Å². The van der Waals surface area contributed by atoms with Crippen LogP contribution in [0.5, 0.6) is 0 Å². The summed E-state index contributed by atoms with van der Waals surface area (Å²) in [5.74, 6) is 0.901. The molecular weight excluding hydrogens is 252 g/mol. The second kappa shape index (κ2) is 6.22. The number of anilines is 1. The lowest BCUT2D eigenvalue weighted by molar-refractivity contribution is 0.0659. The first-order chi connectivity index (χ1) is 9.49. The lowest BCUT2D eigenvalue weighted by atomic mass is 10.0. The molecule has 0 saturated carbocycles. The normalized spacial score (nSPS) is 17.0. The highest BCUT2D eigenvalue weighted by Crippen LogP contribution is 2.18. The molecule has 0 unspecified atom stereocenters. The number of hydrogen-bond donors (Lipinski definition) is 0. The van der Waals surface area contributed by atoms with Crippen LogP contribution in [-0.4, -0.2) is 68.0 Å². The minimum absolute atomic E-state index is 0.0880. The molecule has 2 heterocycles. The lowest BCUT2D eigenvalue weighted by Gasteiger charge is -2.35. The first-order valence-corrected chi connectivity index (χ1v) is 7.08. The van der Waals surface area contributed by atoms with Gasteiger partial charge in [-0.1, -0.05) is 0 Å². The van der Waals surface area contributed by atoms with Crippen molar-refractivity contribution in [1.82, 2.24) is 14.8 Å². The van der Waals surface area contributed by atoms with Gasteiger partial charge in [0.1, 0.15) is 5.82 Å². The van der Waals surface area contributed by atoms with E-state index in [-0.39, 0.29) is 5.91 Å². The Labute approximate surface area is 121 Å². The quantitative estimate of drug-likeness (QED) is 0.834. The van der Waals surface area contributed by atoms with Gasteiger partial charge >= 0.3 is 0 Å². The van der Waals surface area contributed by atoms with E-state index in [0.717, 1.165) is 31.7 Å². The second-order valence-corrected chi connectivity index (χ2v) is 5.75. The SMILES string of the molecule is CN1CCC(N(C)C(=O)c2ccnc(N(C)C)c2)CC1. The summed E-state index contributed by atoms with van der Waals surface area (Å²) in [5, 5.41) is 0. The number of nitrogens with zero attached hydrogens (tertiary/aromatic N) is 4. The van der Waals surface area contributed by atoms with Crippen LogP contribution in [0.1, 0.15) is 23.2 Å². The average molecular weight is 276 g/mol. The van der Waals surface area contributed by atoms with E-state index in [0.29, 0.717) is 11.6 Å². The Morgan fingerprint density at radius 1 is 1.30 bits per heavy atom. The van der Waals surface area contributed by atoms with Crippen LogP contribution in [0.25, 0.3) is 0 Å². The van der Waals surface area contributed by atoms with Crippen molar-refractivity contribution in [2.75, 3.05) is 46.2 Å². The minimum atomic E-state index is 0.0880. The zero-order chi connectivity index (χ0) is 14.7. The molecule has 1 aromatic rings. The highest BCUT2D eigenvalue weighted by molar-refractivity contribution is 5.94. The van der Waals surface area contributed by atoms with Crippen molar-refractivity contribution in [1.29, 1.82) is 0 Å². The molecule has 1 aliphatic heterocycles. The number of amides is 1. The molecule has 1 amide bonds. The van der Waals surface area contributed by atoms with E-state index in [9.17, 15) is 4.79 Å². The maximum atomic E-state index is 12.6. The van der Waals surface area contributed by atoms with Crippen LogP contribution in [-0.2, 0) is 0 Å². The Balaban J connectivity index is 2.08. The van der Waals surface area contributed by atoms with Crippen molar-refractivity contribution < 1.29 is 4.79 Å². The van der Waals surface area contributed by atoms with Crippen molar-refractivity contribution in [2.24, 2.45) is 0 Å². The number of hydrogen-bond acceptors (Lipinski definition) is 4. The van der Waals surface area contributed by atoms with Crippen LogP contribution in [0, 0.1) is 0 Å². The van der Waals surface area contributed by atoms with Crippen molar-refractivity contribution in [2.45, 2.75) is 18.9 Å². The summed E-state index contributed by atoms with van der Waals surface area (Å²) in [4.78, 5) is 22.9. The van der Waals surface area contributed by atoms with Crippen LogP contribution in [0.3, 0.4) is 0 Å². The fraction of sp³-hybridized carbons (Fsp3) is 0.600. The van der Waals surface area contributed by atoms with Crippen molar-refractivity contribution in [3.05, 3.63) is 23.9 Å². The van der Waals surface area contributed by atoms with E-state index in [2.05, 4.69) is 16.9 Å². The molecule has 5 nitrogen and oxygen atoms in total. The highest BCUT2D eigenvalue weighted by atomic mass is 16.2.